The van der Waals surface area contributed by atoms with E-state index in [1.807, 2.05) is 0 Å². The molecule has 4 aliphatic rings. The lowest BCUT2D eigenvalue weighted by molar-refractivity contribution is -0.125. The summed E-state index contributed by atoms with van der Waals surface area (Å²) in [7, 11) is -2.46. The molecule has 6 rings (SSSR count). The summed E-state index contributed by atoms with van der Waals surface area (Å²) < 4.78 is 7.13. The van der Waals surface area contributed by atoms with E-state index in [9.17, 15) is 4.79 Å². The number of carbonyl (C=O) groups is 1. The van der Waals surface area contributed by atoms with Crippen molar-refractivity contribution in [3.05, 3.63) is 60.7 Å². The fourth-order valence-corrected chi connectivity index (χ4v) is 12.3. The summed E-state index contributed by atoms with van der Waals surface area (Å²) >= 11 is 0. The van der Waals surface area contributed by atoms with Crippen LogP contribution in [0.4, 0.5) is 0 Å². The minimum Gasteiger partial charge on any atom is -0.407 e. The van der Waals surface area contributed by atoms with Gasteiger partial charge in [-0.1, -0.05) is 81.4 Å². The molecule has 3 heteroatoms. The zero-order valence-electron chi connectivity index (χ0n) is 20.0. The van der Waals surface area contributed by atoms with Gasteiger partial charge in [0.1, 0.15) is 5.78 Å². The normalized spacial score (nSPS) is 29.5. The van der Waals surface area contributed by atoms with Crippen molar-refractivity contribution in [1.29, 1.82) is 0 Å². The second kappa shape index (κ2) is 8.25. The molecule has 0 aliphatic heterocycles. The number of benzene rings is 2. The lowest BCUT2D eigenvalue weighted by atomic mass is 9.52. The highest BCUT2D eigenvalue weighted by molar-refractivity contribution is 6.99. The number of rotatable bonds is 7. The minimum absolute atomic E-state index is 0.0197. The van der Waals surface area contributed by atoms with Gasteiger partial charge in [0.25, 0.3) is 8.32 Å². The van der Waals surface area contributed by atoms with Crippen molar-refractivity contribution >= 4 is 24.5 Å². The first kappa shape index (κ1) is 22.1. The van der Waals surface area contributed by atoms with E-state index in [0.29, 0.717) is 23.0 Å². The molecule has 2 aromatic carbocycles. The molecule has 4 bridgehead atoms. The molecule has 0 spiro atoms. The molecule has 4 atom stereocenters. The van der Waals surface area contributed by atoms with Crippen LogP contribution in [0, 0.1) is 23.2 Å². The molecule has 0 saturated heterocycles. The van der Waals surface area contributed by atoms with E-state index in [1.165, 1.54) is 42.5 Å². The number of hydrogen-bond donors (Lipinski definition) is 0. The van der Waals surface area contributed by atoms with Crippen LogP contribution in [0.5, 0.6) is 0 Å². The van der Waals surface area contributed by atoms with E-state index in [1.54, 1.807) is 0 Å². The third-order valence-corrected chi connectivity index (χ3v) is 14.1. The number of fused-ring (bicyclic) bond motifs is 1. The predicted octanol–water partition coefficient (Wildman–Crippen LogP) is 5.74. The van der Waals surface area contributed by atoms with E-state index >= 15 is 0 Å². The first-order valence-electron chi connectivity index (χ1n) is 12.6. The Balaban J connectivity index is 1.39. The lowest BCUT2D eigenvalue weighted by Gasteiger charge is -2.52. The zero-order valence-corrected chi connectivity index (χ0v) is 21.0. The van der Waals surface area contributed by atoms with Crippen LogP contribution in [-0.4, -0.2) is 20.7 Å². The number of Topliss-reactive ketones (excluding diaryl/α,β-unsaturated/α-hetero) is 1. The lowest BCUT2D eigenvalue weighted by Crippen LogP contribution is -2.66. The summed E-state index contributed by atoms with van der Waals surface area (Å²) in [5.41, 5.74) is 0.292. The molecule has 0 heterocycles. The summed E-state index contributed by atoms with van der Waals surface area (Å²) in [5.74, 6) is 2.41. The van der Waals surface area contributed by atoms with Crippen molar-refractivity contribution in [2.45, 2.75) is 70.8 Å². The van der Waals surface area contributed by atoms with Gasteiger partial charge in [-0.25, -0.2) is 0 Å². The van der Waals surface area contributed by atoms with Gasteiger partial charge < -0.3 is 4.43 Å². The van der Waals surface area contributed by atoms with Gasteiger partial charge in [0, 0.05) is 18.9 Å². The number of hydrogen-bond acceptors (Lipinski definition) is 2. The summed E-state index contributed by atoms with van der Waals surface area (Å²) in [5, 5.41) is 2.72. The van der Waals surface area contributed by atoms with Crippen molar-refractivity contribution in [2.75, 3.05) is 6.61 Å². The van der Waals surface area contributed by atoms with Gasteiger partial charge in [0.15, 0.2) is 0 Å². The zero-order chi connectivity index (χ0) is 22.4. The van der Waals surface area contributed by atoms with Crippen LogP contribution in [0.2, 0.25) is 5.04 Å². The van der Waals surface area contributed by atoms with Crippen LogP contribution >= 0.6 is 0 Å². The van der Waals surface area contributed by atoms with Crippen LogP contribution in [0.25, 0.3) is 0 Å². The highest BCUT2D eigenvalue weighted by atomic mass is 28.4. The fraction of sp³-hybridized carbons (Fsp3) is 0.552. The largest absolute Gasteiger partial charge is 0.407 e. The van der Waals surface area contributed by atoms with Crippen molar-refractivity contribution in [3.8, 4) is 0 Å². The summed E-state index contributed by atoms with van der Waals surface area (Å²) in [6.07, 6.45) is 8.18. The van der Waals surface area contributed by atoms with Crippen molar-refractivity contribution in [1.82, 2.24) is 0 Å². The van der Waals surface area contributed by atoms with Crippen molar-refractivity contribution in [3.63, 3.8) is 0 Å². The molecule has 4 unspecified atom stereocenters. The Morgan fingerprint density at radius 3 is 2.16 bits per heavy atom. The maximum absolute atomic E-state index is 12.7. The SMILES string of the molecule is CC(C)(C)[Si](OCCCC12CCC3CC1CC(=O)C2C3)(c1ccccc1)c1ccccc1. The molecular formula is C29H38O2Si. The third-order valence-electron chi connectivity index (χ3n) is 9.07. The number of ketones is 1. The van der Waals surface area contributed by atoms with E-state index in [4.69, 9.17) is 4.43 Å². The molecule has 32 heavy (non-hydrogen) atoms. The molecule has 2 nitrogen and oxygen atoms in total. The smallest absolute Gasteiger partial charge is 0.261 e. The Morgan fingerprint density at radius 2 is 1.59 bits per heavy atom. The van der Waals surface area contributed by atoms with Gasteiger partial charge >= 0.3 is 0 Å². The average molecular weight is 447 g/mol. The first-order valence-corrected chi connectivity index (χ1v) is 14.6. The van der Waals surface area contributed by atoms with Crippen molar-refractivity contribution < 1.29 is 9.22 Å². The van der Waals surface area contributed by atoms with Crippen LogP contribution < -0.4 is 10.4 Å². The Labute approximate surface area is 194 Å². The summed E-state index contributed by atoms with van der Waals surface area (Å²) in [4.78, 5) is 12.7. The molecule has 2 aromatic rings. The fourth-order valence-electron chi connectivity index (χ4n) is 7.69. The summed E-state index contributed by atoms with van der Waals surface area (Å²) in [6, 6.07) is 21.9. The van der Waals surface area contributed by atoms with Crippen LogP contribution in [0.15, 0.2) is 60.7 Å². The van der Waals surface area contributed by atoms with Gasteiger partial charge in [0.05, 0.1) is 0 Å². The molecule has 4 aliphatic carbocycles. The molecule has 0 radical (unpaired) electrons. The predicted molar refractivity (Wildman–Crippen MR) is 134 cm³/mol. The quantitative estimate of drug-likeness (QED) is 0.400. The first-order chi connectivity index (χ1) is 15.4. The van der Waals surface area contributed by atoms with E-state index < -0.39 is 8.32 Å². The van der Waals surface area contributed by atoms with E-state index in [0.717, 1.165) is 25.4 Å². The molecule has 0 amide bonds. The van der Waals surface area contributed by atoms with Gasteiger partial charge in [-0.2, -0.15) is 0 Å². The second-order valence-electron chi connectivity index (χ2n) is 11.6. The van der Waals surface area contributed by atoms with Gasteiger partial charge in [-0.05, 0) is 71.2 Å². The monoisotopic (exact) mass is 446 g/mol. The van der Waals surface area contributed by atoms with Crippen LogP contribution in [0.1, 0.15) is 65.7 Å². The molecule has 4 fully saturated rings. The Morgan fingerprint density at radius 1 is 0.969 bits per heavy atom. The summed E-state index contributed by atoms with van der Waals surface area (Å²) in [6.45, 7) is 7.82. The van der Waals surface area contributed by atoms with E-state index in [-0.39, 0.29) is 5.04 Å². The molecule has 0 aromatic heterocycles. The van der Waals surface area contributed by atoms with Gasteiger partial charge in [-0.15, -0.1) is 0 Å². The maximum Gasteiger partial charge on any atom is 0.261 e. The second-order valence-corrected chi connectivity index (χ2v) is 16.0. The third kappa shape index (κ3) is 3.44. The molecule has 0 N–H and O–H groups in total. The van der Waals surface area contributed by atoms with Crippen molar-refractivity contribution in [2.24, 2.45) is 23.2 Å². The standard InChI is InChI=1S/C29H38O2Si/c1-28(2,3)32(24-11-6-4-7-12-24,25-13-8-5-9-14-25)31-18-10-16-29-17-15-22-19-23(29)21-27(30)26(29)20-22/h4-9,11-14,22-23,26H,10,15-21H2,1-3H3. The van der Waals surface area contributed by atoms with Gasteiger partial charge in [-0.3, -0.25) is 4.79 Å². The highest BCUT2D eigenvalue weighted by Gasteiger charge is 2.60. The topological polar surface area (TPSA) is 26.3 Å². The average Bonchev–Trinajstić information content (AvgIpc) is 2.96. The Hall–Kier alpha value is -1.71. The number of carbonyl (C=O) groups excluding carboxylic acids is 1. The van der Waals surface area contributed by atoms with Gasteiger partial charge in [0.2, 0.25) is 0 Å². The van der Waals surface area contributed by atoms with E-state index in [2.05, 4.69) is 81.4 Å². The Kier molecular flexibility index (Phi) is 5.70. The molecular weight excluding hydrogens is 408 g/mol. The van der Waals surface area contributed by atoms with Crippen LogP contribution in [-0.2, 0) is 9.22 Å². The maximum atomic E-state index is 12.7. The van der Waals surface area contributed by atoms with Crippen LogP contribution in [0.3, 0.4) is 0 Å². The minimum atomic E-state index is -2.46. The molecule has 4 saturated carbocycles. The Bertz CT molecular complexity index is 909. The molecule has 170 valence electrons. The highest BCUT2D eigenvalue weighted by Crippen LogP contribution is 2.64.